The molecule has 4 unspecified atom stereocenters. The molecule has 0 saturated heterocycles. The molecule has 0 bridgehead atoms. The summed E-state index contributed by atoms with van der Waals surface area (Å²) in [7, 11) is 1.32. The standard InChI is InChI=1S/C26H30F2N6O/c1-14-8-16(9-23(30)15(14)2)19-6-7-31-13-24(19)34-26-32-12-17(33-26)4-5-22(29)25-20(27)10-18(35-3)11-21(25)28/h4-7,10-16,23,29H,8-9,30H2,1-3H3,(H2,32,33,34)/b5-4-,29-22?. The van der Waals surface area contributed by atoms with Crippen LogP contribution in [-0.2, 0) is 0 Å². The molecule has 2 aromatic heterocycles. The fraction of sp³-hybridized carbons (Fsp3) is 0.346. The van der Waals surface area contributed by atoms with Crippen LogP contribution in [-0.4, -0.2) is 33.8 Å². The van der Waals surface area contributed by atoms with Gasteiger partial charge >= 0.3 is 0 Å². The van der Waals surface area contributed by atoms with E-state index in [0.717, 1.165) is 36.2 Å². The lowest BCUT2D eigenvalue weighted by atomic mass is 9.71. The number of H-pyrrole nitrogens is 1. The largest absolute Gasteiger partial charge is 0.497 e. The molecule has 1 saturated carbocycles. The van der Waals surface area contributed by atoms with Gasteiger partial charge in [-0.15, -0.1) is 0 Å². The molecule has 0 amide bonds. The number of hydrogen-bond acceptors (Lipinski definition) is 6. The first kappa shape index (κ1) is 24.5. The maximum atomic E-state index is 14.2. The van der Waals surface area contributed by atoms with Crippen molar-refractivity contribution in [3.8, 4) is 5.75 Å². The van der Waals surface area contributed by atoms with E-state index in [2.05, 4.69) is 34.1 Å². The first-order valence-corrected chi connectivity index (χ1v) is 11.6. The third-order valence-corrected chi connectivity index (χ3v) is 6.88. The summed E-state index contributed by atoms with van der Waals surface area (Å²) in [6.45, 7) is 4.46. The van der Waals surface area contributed by atoms with Crippen LogP contribution in [0.15, 0.2) is 42.9 Å². The van der Waals surface area contributed by atoms with E-state index in [-0.39, 0.29) is 17.5 Å². The van der Waals surface area contributed by atoms with E-state index in [9.17, 15) is 8.78 Å². The molecule has 1 aromatic carbocycles. The molecule has 3 aromatic rings. The number of nitrogens with one attached hydrogen (secondary N) is 3. The molecule has 1 aliphatic rings. The molecule has 5 N–H and O–H groups in total. The molecule has 9 heteroatoms. The van der Waals surface area contributed by atoms with Crippen molar-refractivity contribution < 1.29 is 13.5 Å². The van der Waals surface area contributed by atoms with Gasteiger partial charge in [0, 0.05) is 24.4 Å². The van der Waals surface area contributed by atoms with Crippen molar-refractivity contribution in [1.82, 2.24) is 15.0 Å². The second-order valence-electron chi connectivity index (χ2n) is 9.16. The Morgan fingerprint density at radius 2 is 1.97 bits per heavy atom. The highest BCUT2D eigenvalue weighted by Gasteiger charge is 2.32. The van der Waals surface area contributed by atoms with Crippen molar-refractivity contribution in [2.24, 2.45) is 17.6 Å². The minimum absolute atomic E-state index is 0.0544. The molecule has 2 heterocycles. The monoisotopic (exact) mass is 480 g/mol. The van der Waals surface area contributed by atoms with Gasteiger partial charge in [0.1, 0.15) is 17.4 Å². The van der Waals surface area contributed by atoms with Crippen LogP contribution in [0.25, 0.3) is 6.08 Å². The number of rotatable bonds is 7. The first-order valence-electron chi connectivity index (χ1n) is 11.6. The van der Waals surface area contributed by atoms with Crippen molar-refractivity contribution in [1.29, 1.82) is 5.41 Å². The van der Waals surface area contributed by atoms with E-state index in [0.29, 0.717) is 29.4 Å². The third kappa shape index (κ3) is 5.40. The van der Waals surface area contributed by atoms with Crippen LogP contribution in [0, 0.1) is 28.9 Å². The van der Waals surface area contributed by atoms with Crippen LogP contribution in [0.1, 0.15) is 49.4 Å². The maximum absolute atomic E-state index is 14.2. The van der Waals surface area contributed by atoms with Gasteiger partial charge in [-0.05, 0) is 54.4 Å². The smallest absolute Gasteiger partial charge is 0.205 e. The van der Waals surface area contributed by atoms with E-state index in [1.807, 2.05) is 6.07 Å². The number of halogens is 2. The minimum Gasteiger partial charge on any atom is -0.497 e. The zero-order valence-corrected chi connectivity index (χ0v) is 20.0. The van der Waals surface area contributed by atoms with Crippen LogP contribution in [0.4, 0.5) is 20.4 Å². The van der Waals surface area contributed by atoms with Crippen LogP contribution in [0.2, 0.25) is 0 Å². The summed E-state index contributed by atoms with van der Waals surface area (Å²) in [5.41, 5.74) is 8.24. The molecular weight excluding hydrogens is 450 g/mol. The van der Waals surface area contributed by atoms with Gasteiger partial charge in [0.2, 0.25) is 5.95 Å². The lowest BCUT2D eigenvalue weighted by Gasteiger charge is -2.37. The Kier molecular flexibility index (Phi) is 7.25. The van der Waals surface area contributed by atoms with Crippen LogP contribution >= 0.6 is 0 Å². The summed E-state index contributed by atoms with van der Waals surface area (Å²) in [5.74, 6) is 0.166. The number of imidazole rings is 1. The summed E-state index contributed by atoms with van der Waals surface area (Å²) >= 11 is 0. The zero-order valence-electron chi connectivity index (χ0n) is 20.0. The predicted molar refractivity (Wildman–Crippen MR) is 133 cm³/mol. The number of ether oxygens (including phenoxy) is 1. The third-order valence-electron chi connectivity index (χ3n) is 6.88. The molecular formula is C26H30F2N6O. The maximum Gasteiger partial charge on any atom is 0.205 e. The number of nitrogens with two attached hydrogens (primary N) is 1. The van der Waals surface area contributed by atoms with E-state index in [4.69, 9.17) is 15.9 Å². The molecule has 4 atom stereocenters. The van der Waals surface area contributed by atoms with Gasteiger partial charge in [0.15, 0.2) is 0 Å². The number of allylic oxidation sites excluding steroid dienone is 1. The Balaban J connectivity index is 1.48. The summed E-state index contributed by atoms with van der Waals surface area (Å²) < 4.78 is 33.3. The summed E-state index contributed by atoms with van der Waals surface area (Å²) in [6, 6.07) is 4.27. The highest BCUT2D eigenvalue weighted by Crippen LogP contribution is 2.41. The quantitative estimate of drug-likeness (QED) is 0.339. The van der Waals surface area contributed by atoms with E-state index < -0.39 is 17.2 Å². The second-order valence-corrected chi connectivity index (χ2v) is 9.16. The Morgan fingerprint density at radius 3 is 2.66 bits per heavy atom. The van der Waals surface area contributed by atoms with Crippen molar-refractivity contribution in [2.45, 2.75) is 38.6 Å². The number of aromatic nitrogens is 3. The van der Waals surface area contributed by atoms with Gasteiger partial charge in [-0.1, -0.05) is 13.8 Å². The number of benzene rings is 1. The van der Waals surface area contributed by atoms with Crippen LogP contribution < -0.4 is 15.8 Å². The number of aromatic amines is 1. The normalized spacial score (nSPS) is 22.3. The Bertz CT molecular complexity index is 1210. The van der Waals surface area contributed by atoms with E-state index in [1.165, 1.54) is 19.3 Å². The number of pyridine rings is 1. The number of anilines is 2. The van der Waals surface area contributed by atoms with Gasteiger partial charge in [-0.2, -0.15) is 0 Å². The molecule has 184 valence electrons. The van der Waals surface area contributed by atoms with E-state index >= 15 is 0 Å². The number of hydrogen-bond donors (Lipinski definition) is 4. The lowest BCUT2D eigenvalue weighted by Crippen LogP contribution is -2.39. The lowest BCUT2D eigenvalue weighted by molar-refractivity contribution is 0.216. The van der Waals surface area contributed by atoms with Gasteiger partial charge in [0.05, 0.1) is 42.2 Å². The highest BCUT2D eigenvalue weighted by atomic mass is 19.1. The van der Waals surface area contributed by atoms with Crippen LogP contribution in [0.3, 0.4) is 0 Å². The molecule has 35 heavy (non-hydrogen) atoms. The Hall–Kier alpha value is -3.59. The summed E-state index contributed by atoms with van der Waals surface area (Å²) in [5, 5.41) is 11.4. The van der Waals surface area contributed by atoms with Crippen molar-refractivity contribution in [3.05, 3.63) is 71.3 Å². The SMILES string of the molecule is COc1cc(F)c(C(=N)/C=C\c2cnc(Nc3cnccc3C3CC(C)C(C)C(N)C3)[nH]2)c(F)c1. The van der Waals surface area contributed by atoms with Crippen molar-refractivity contribution in [3.63, 3.8) is 0 Å². The fourth-order valence-corrected chi connectivity index (χ4v) is 4.64. The molecule has 0 aliphatic heterocycles. The van der Waals surface area contributed by atoms with Crippen LogP contribution in [0.5, 0.6) is 5.75 Å². The molecule has 0 spiro atoms. The topological polar surface area (TPSA) is 113 Å². The molecule has 1 aliphatic carbocycles. The average molecular weight is 481 g/mol. The highest BCUT2D eigenvalue weighted by molar-refractivity contribution is 6.09. The number of nitrogens with zero attached hydrogens (tertiary/aromatic N) is 2. The van der Waals surface area contributed by atoms with Gasteiger partial charge < -0.3 is 26.2 Å². The zero-order chi connectivity index (χ0) is 25.1. The Morgan fingerprint density at radius 1 is 1.23 bits per heavy atom. The Labute approximate surface area is 203 Å². The van der Waals surface area contributed by atoms with Gasteiger partial charge in [-0.25, -0.2) is 13.8 Å². The second kappa shape index (κ2) is 10.4. The first-order chi connectivity index (χ1) is 16.8. The summed E-state index contributed by atoms with van der Waals surface area (Å²) in [4.78, 5) is 11.7. The minimum atomic E-state index is -0.862. The van der Waals surface area contributed by atoms with E-state index in [1.54, 1.807) is 18.6 Å². The average Bonchev–Trinajstić information content (AvgIpc) is 3.28. The van der Waals surface area contributed by atoms with Crippen molar-refractivity contribution in [2.75, 3.05) is 12.4 Å². The van der Waals surface area contributed by atoms with Crippen molar-refractivity contribution >= 4 is 23.4 Å². The predicted octanol–water partition coefficient (Wildman–Crippen LogP) is 5.39. The van der Waals surface area contributed by atoms with Gasteiger partial charge in [0.25, 0.3) is 0 Å². The molecule has 0 radical (unpaired) electrons. The molecule has 7 nitrogen and oxygen atoms in total. The molecule has 4 rings (SSSR count). The fourth-order valence-electron chi connectivity index (χ4n) is 4.64. The number of methoxy groups -OCH3 is 1. The van der Waals surface area contributed by atoms with Gasteiger partial charge in [-0.3, -0.25) is 4.98 Å². The summed E-state index contributed by atoms with van der Waals surface area (Å²) in [6.07, 6.45) is 9.95. The molecule has 1 fully saturated rings.